The number of carbonyl (C=O) groups excluding carboxylic acids is 2. The van der Waals surface area contributed by atoms with Gasteiger partial charge in [0, 0.05) is 6.54 Å². The molecule has 0 aliphatic carbocycles. The number of β-amino-alcohol motifs (C(OH)–C–C–N with tert-alkyl or cyclic N) is 1. The number of carbonyl (C=O) groups is 2. The number of hydrogen-bond donors (Lipinski definition) is 2. The monoisotopic (exact) mass is 239 g/mol. The van der Waals surface area contributed by atoms with Gasteiger partial charge in [0.1, 0.15) is 5.82 Å². The maximum Gasteiger partial charge on any atom is 0.331 e. The average molecular weight is 239 g/mol. The maximum atomic E-state index is 11.6. The summed E-state index contributed by atoms with van der Waals surface area (Å²) >= 11 is 0. The van der Waals surface area contributed by atoms with E-state index in [4.69, 9.17) is 0 Å². The molecule has 0 aromatic carbocycles. The first-order chi connectivity index (χ1) is 7.82. The molecule has 94 valence electrons. The third kappa shape index (κ3) is 3.07. The van der Waals surface area contributed by atoms with Crippen molar-refractivity contribution in [1.29, 1.82) is 0 Å². The van der Waals surface area contributed by atoms with E-state index in [1.54, 1.807) is 13.8 Å². The fraction of sp³-hybridized carbons (Fsp3) is 0.455. The molecule has 17 heavy (non-hydrogen) atoms. The Labute approximate surface area is 100 Å². The Kier molecular flexibility index (Phi) is 3.90. The molecule has 1 atom stereocenters. The van der Waals surface area contributed by atoms with Crippen LogP contribution in [0.1, 0.15) is 13.8 Å². The highest BCUT2D eigenvalue weighted by Crippen LogP contribution is 2.16. The van der Waals surface area contributed by atoms with Crippen LogP contribution in [0.2, 0.25) is 0 Å². The summed E-state index contributed by atoms with van der Waals surface area (Å²) in [5.74, 6) is 0.252. The molecular weight excluding hydrogens is 222 g/mol. The van der Waals surface area contributed by atoms with Crippen molar-refractivity contribution in [2.75, 3.05) is 13.1 Å². The summed E-state index contributed by atoms with van der Waals surface area (Å²) < 4.78 is 0. The third-order valence-electron chi connectivity index (χ3n) is 2.20. The molecule has 0 spiro atoms. The first kappa shape index (κ1) is 13.2. The third-order valence-corrected chi connectivity index (χ3v) is 2.20. The number of nitrogens with zero attached hydrogens (tertiary/aromatic N) is 2. The van der Waals surface area contributed by atoms with Crippen LogP contribution < -0.4 is 5.32 Å². The summed E-state index contributed by atoms with van der Waals surface area (Å²) in [4.78, 5) is 25.7. The largest absolute Gasteiger partial charge is 0.392 e. The zero-order valence-electron chi connectivity index (χ0n) is 10.1. The number of urea groups is 2. The van der Waals surface area contributed by atoms with Gasteiger partial charge >= 0.3 is 12.1 Å². The molecule has 0 saturated carbocycles. The number of rotatable bonds is 4. The number of imide groups is 1. The Balaban J connectivity index is 2.87. The van der Waals surface area contributed by atoms with Crippen molar-refractivity contribution in [2.45, 2.75) is 20.0 Å². The zero-order valence-corrected chi connectivity index (χ0v) is 10.1. The highest BCUT2D eigenvalue weighted by atomic mass is 16.3. The molecule has 1 saturated heterocycles. The van der Waals surface area contributed by atoms with Gasteiger partial charge < -0.3 is 5.11 Å². The molecule has 1 aliphatic heterocycles. The Hall–Kier alpha value is -1.82. The van der Waals surface area contributed by atoms with E-state index in [1.165, 1.54) is 9.80 Å². The molecular formula is C11H17N3O3. The molecule has 0 aromatic heterocycles. The Bertz CT molecular complexity index is 376. The Morgan fingerprint density at radius 2 is 1.94 bits per heavy atom. The van der Waals surface area contributed by atoms with Gasteiger partial charge in [0.15, 0.2) is 0 Å². The van der Waals surface area contributed by atoms with Gasteiger partial charge in [-0.2, -0.15) is 0 Å². The van der Waals surface area contributed by atoms with E-state index in [-0.39, 0.29) is 18.9 Å². The molecule has 4 amide bonds. The van der Waals surface area contributed by atoms with Gasteiger partial charge in [-0.15, -0.1) is 0 Å². The van der Waals surface area contributed by atoms with E-state index < -0.39 is 18.2 Å². The topological polar surface area (TPSA) is 72.9 Å². The first-order valence-electron chi connectivity index (χ1n) is 5.24. The summed E-state index contributed by atoms with van der Waals surface area (Å²) in [7, 11) is 0. The number of nitrogens with one attached hydrogen (secondary N) is 1. The molecule has 6 heteroatoms. The molecule has 1 heterocycles. The van der Waals surface area contributed by atoms with E-state index in [9.17, 15) is 14.7 Å². The van der Waals surface area contributed by atoms with Gasteiger partial charge in [0.25, 0.3) is 0 Å². The molecule has 6 nitrogen and oxygen atoms in total. The first-order valence-corrected chi connectivity index (χ1v) is 5.24. The average Bonchev–Trinajstić information content (AvgIpc) is 2.18. The van der Waals surface area contributed by atoms with Crippen molar-refractivity contribution < 1.29 is 14.7 Å². The van der Waals surface area contributed by atoms with Gasteiger partial charge in [0.2, 0.25) is 0 Å². The summed E-state index contributed by atoms with van der Waals surface area (Å²) in [5, 5.41) is 11.5. The maximum absolute atomic E-state index is 11.6. The van der Waals surface area contributed by atoms with E-state index in [1.807, 2.05) is 0 Å². The summed E-state index contributed by atoms with van der Waals surface area (Å²) in [5.41, 5.74) is 0.771. The number of hydrogen-bond acceptors (Lipinski definition) is 3. The van der Waals surface area contributed by atoms with Crippen LogP contribution in [0.5, 0.6) is 0 Å². The minimum absolute atomic E-state index is 0.0879. The minimum Gasteiger partial charge on any atom is -0.392 e. The van der Waals surface area contributed by atoms with Crippen molar-refractivity contribution in [2.24, 2.45) is 0 Å². The summed E-state index contributed by atoms with van der Waals surface area (Å²) in [6.07, 6.45) is -0.697. The highest BCUT2D eigenvalue weighted by molar-refractivity contribution is 5.97. The van der Waals surface area contributed by atoms with Crippen LogP contribution in [0.15, 0.2) is 24.6 Å². The fourth-order valence-corrected chi connectivity index (χ4v) is 1.49. The van der Waals surface area contributed by atoms with Crippen LogP contribution in [-0.2, 0) is 0 Å². The van der Waals surface area contributed by atoms with Crippen LogP contribution in [0, 0.1) is 0 Å². The van der Waals surface area contributed by atoms with Gasteiger partial charge in [-0.05, 0) is 13.8 Å². The smallest absolute Gasteiger partial charge is 0.331 e. The lowest BCUT2D eigenvalue weighted by molar-refractivity contribution is 0.119. The Morgan fingerprint density at radius 3 is 2.41 bits per heavy atom. The highest BCUT2D eigenvalue weighted by Gasteiger charge is 2.33. The van der Waals surface area contributed by atoms with Gasteiger partial charge in [-0.1, -0.05) is 18.7 Å². The normalized spacial score (nSPS) is 18.2. The molecule has 0 radical (unpaired) electrons. The van der Waals surface area contributed by atoms with Crippen LogP contribution >= 0.6 is 0 Å². The van der Waals surface area contributed by atoms with Crippen LogP contribution in [-0.4, -0.2) is 46.2 Å². The van der Waals surface area contributed by atoms with E-state index in [0.29, 0.717) is 0 Å². The van der Waals surface area contributed by atoms with Crippen LogP contribution in [0.3, 0.4) is 0 Å². The number of amides is 4. The number of aliphatic hydroxyl groups excluding tert-OH is 1. The lowest BCUT2D eigenvalue weighted by Gasteiger charge is -2.37. The van der Waals surface area contributed by atoms with Crippen molar-refractivity contribution in [3.8, 4) is 0 Å². The second-order valence-corrected chi connectivity index (χ2v) is 4.15. The van der Waals surface area contributed by atoms with Gasteiger partial charge in [0.05, 0.1) is 12.6 Å². The van der Waals surface area contributed by atoms with Crippen molar-refractivity contribution >= 4 is 12.1 Å². The molecule has 0 bridgehead atoms. The predicted octanol–water partition coefficient (Wildman–Crippen LogP) is 0.862. The standard InChI is InChI=1S/C11H17N3O3/c1-7(2)5-13-9(4)14(6-8(3)15)11(17)12-10(13)16/h8,15H,1,4-6H2,2-3H3,(H,12,16,17). The van der Waals surface area contributed by atoms with Gasteiger partial charge in [-0.25, -0.2) is 9.59 Å². The lowest BCUT2D eigenvalue weighted by atomic mass is 10.3. The van der Waals surface area contributed by atoms with E-state index in [0.717, 1.165) is 5.57 Å². The molecule has 1 unspecified atom stereocenters. The fourth-order valence-electron chi connectivity index (χ4n) is 1.49. The van der Waals surface area contributed by atoms with Crippen molar-refractivity contribution in [3.05, 3.63) is 24.6 Å². The Morgan fingerprint density at radius 1 is 1.41 bits per heavy atom. The summed E-state index contributed by atoms with van der Waals surface area (Å²) in [6.45, 7) is 11.1. The lowest BCUT2D eigenvalue weighted by Crippen LogP contribution is -2.58. The molecule has 1 aliphatic rings. The van der Waals surface area contributed by atoms with Gasteiger partial charge in [-0.3, -0.25) is 15.1 Å². The number of aliphatic hydroxyl groups is 1. The minimum atomic E-state index is -0.697. The molecule has 1 rings (SSSR count). The summed E-state index contributed by atoms with van der Waals surface area (Å²) in [6, 6.07) is -1.09. The van der Waals surface area contributed by atoms with Crippen molar-refractivity contribution in [3.63, 3.8) is 0 Å². The van der Waals surface area contributed by atoms with Crippen LogP contribution in [0.25, 0.3) is 0 Å². The molecule has 0 aromatic rings. The quantitative estimate of drug-likeness (QED) is 0.715. The SMILES string of the molecule is C=C(C)CN1C(=C)N(CC(C)O)C(=O)NC1=O. The van der Waals surface area contributed by atoms with E-state index in [2.05, 4.69) is 18.5 Å². The molecule has 2 N–H and O–H groups in total. The second-order valence-electron chi connectivity index (χ2n) is 4.15. The van der Waals surface area contributed by atoms with Crippen LogP contribution in [0.4, 0.5) is 9.59 Å². The predicted molar refractivity (Wildman–Crippen MR) is 63.0 cm³/mol. The van der Waals surface area contributed by atoms with Crippen molar-refractivity contribution in [1.82, 2.24) is 15.1 Å². The van der Waals surface area contributed by atoms with E-state index >= 15 is 0 Å². The second kappa shape index (κ2) is 5.01. The zero-order chi connectivity index (χ0) is 13.2. The molecule has 1 fully saturated rings.